The maximum absolute atomic E-state index is 13.9. The van der Waals surface area contributed by atoms with Crippen molar-refractivity contribution >= 4 is 23.4 Å². The minimum Gasteiger partial charge on any atom is -0.290 e. The van der Waals surface area contributed by atoms with Crippen LogP contribution >= 0.6 is 11.8 Å². The van der Waals surface area contributed by atoms with Crippen LogP contribution < -0.4 is 4.90 Å². The van der Waals surface area contributed by atoms with Crippen molar-refractivity contribution in [3.8, 4) is 0 Å². The van der Waals surface area contributed by atoms with Gasteiger partial charge >= 0.3 is 0 Å². The van der Waals surface area contributed by atoms with Gasteiger partial charge in [0.25, 0.3) is 0 Å². The molecule has 6 heteroatoms. The molecule has 0 N–H and O–H groups in total. The molecule has 0 radical (unpaired) electrons. The second-order valence-electron chi connectivity index (χ2n) is 4.55. The van der Waals surface area contributed by atoms with Crippen molar-refractivity contribution < 1.29 is 18.0 Å². The molecule has 1 saturated heterocycles. The third kappa shape index (κ3) is 2.51. The summed E-state index contributed by atoms with van der Waals surface area (Å²) in [6.07, 6.45) is 0. The van der Waals surface area contributed by atoms with E-state index in [1.54, 1.807) is 0 Å². The number of nitrogens with zero attached hydrogens (tertiary/aromatic N) is 1. The number of halogens is 3. The normalized spacial score (nSPS) is 18.3. The number of carbonyl (C=O) groups is 1. The number of rotatable bonds is 2. The van der Waals surface area contributed by atoms with Gasteiger partial charge in [0.2, 0.25) is 5.91 Å². The summed E-state index contributed by atoms with van der Waals surface area (Å²) in [5.41, 5.74) is 0.261. The first-order chi connectivity index (χ1) is 10.1. The Morgan fingerprint density at radius 3 is 2.24 bits per heavy atom. The van der Waals surface area contributed by atoms with Crippen LogP contribution in [0.25, 0.3) is 0 Å². The second kappa shape index (κ2) is 5.44. The van der Waals surface area contributed by atoms with E-state index in [4.69, 9.17) is 0 Å². The summed E-state index contributed by atoms with van der Waals surface area (Å²) < 4.78 is 40.8. The van der Waals surface area contributed by atoms with Crippen LogP contribution in [0.2, 0.25) is 0 Å². The van der Waals surface area contributed by atoms with Gasteiger partial charge in [-0.1, -0.05) is 18.2 Å². The summed E-state index contributed by atoms with van der Waals surface area (Å²) in [6, 6.07) is 9.00. The lowest BCUT2D eigenvalue weighted by Gasteiger charge is -2.25. The van der Waals surface area contributed by atoms with Crippen LogP contribution in [0.4, 0.5) is 18.9 Å². The van der Waals surface area contributed by atoms with Crippen LogP contribution in [0.15, 0.2) is 42.5 Å². The van der Waals surface area contributed by atoms with Gasteiger partial charge in [-0.15, -0.1) is 11.8 Å². The first-order valence-corrected chi connectivity index (χ1v) is 7.26. The van der Waals surface area contributed by atoms with E-state index < -0.39 is 22.8 Å². The van der Waals surface area contributed by atoms with Gasteiger partial charge in [0.05, 0.1) is 5.75 Å². The Balaban J connectivity index is 2.06. The van der Waals surface area contributed by atoms with E-state index in [1.165, 1.54) is 42.1 Å². The predicted molar refractivity (Wildman–Crippen MR) is 75.4 cm³/mol. The summed E-state index contributed by atoms with van der Waals surface area (Å²) in [5.74, 6) is -2.25. The van der Waals surface area contributed by atoms with Crippen molar-refractivity contribution in [2.75, 3.05) is 10.7 Å². The lowest BCUT2D eigenvalue weighted by molar-refractivity contribution is -0.115. The second-order valence-corrected chi connectivity index (χ2v) is 5.62. The number of hydrogen-bond donors (Lipinski definition) is 0. The molecular weight excluding hydrogens is 299 g/mol. The summed E-state index contributed by atoms with van der Waals surface area (Å²) in [5, 5.41) is -0.565. The third-order valence-electron chi connectivity index (χ3n) is 3.20. The molecule has 1 aliphatic rings. The fourth-order valence-electron chi connectivity index (χ4n) is 2.26. The summed E-state index contributed by atoms with van der Waals surface area (Å²) in [7, 11) is 0. The highest BCUT2D eigenvalue weighted by Gasteiger charge is 2.37. The molecule has 0 unspecified atom stereocenters. The molecule has 1 fully saturated rings. The standard InChI is InChI=1S/C15H10F3NOS/c16-10-6-4-9(5-7-10)15-19(13(20)8-21-15)14-11(17)2-1-3-12(14)18/h1-7,15H,8H2/t15-/m1/s1. The Bertz CT molecular complexity index is 670. The smallest absolute Gasteiger partial charge is 0.238 e. The van der Waals surface area contributed by atoms with Crippen molar-refractivity contribution in [1.82, 2.24) is 0 Å². The summed E-state index contributed by atoms with van der Waals surface area (Å²) in [4.78, 5) is 13.1. The number of carbonyl (C=O) groups excluding carboxylic acids is 1. The minimum atomic E-state index is -0.794. The van der Waals surface area contributed by atoms with Crippen molar-refractivity contribution in [2.45, 2.75) is 5.37 Å². The molecule has 1 aliphatic heterocycles. The largest absolute Gasteiger partial charge is 0.290 e. The summed E-state index contributed by atoms with van der Waals surface area (Å²) in [6.45, 7) is 0. The molecular formula is C15H10F3NOS. The molecule has 21 heavy (non-hydrogen) atoms. The van der Waals surface area contributed by atoms with Gasteiger partial charge in [-0.3, -0.25) is 9.69 Å². The molecule has 0 saturated carbocycles. The highest BCUT2D eigenvalue weighted by molar-refractivity contribution is 8.00. The van der Waals surface area contributed by atoms with Gasteiger partial charge in [0.15, 0.2) is 0 Å². The van der Waals surface area contributed by atoms with Gasteiger partial charge in [0.1, 0.15) is 28.5 Å². The van der Waals surface area contributed by atoms with E-state index in [0.29, 0.717) is 5.56 Å². The Labute approximate surface area is 123 Å². The molecule has 2 aromatic carbocycles. The average molecular weight is 309 g/mol. The molecule has 2 nitrogen and oxygen atoms in total. The molecule has 108 valence electrons. The van der Waals surface area contributed by atoms with Crippen LogP contribution in [0, 0.1) is 17.5 Å². The zero-order valence-corrected chi connectivity index (χ0v) is 11.5. The molecule has 1 amide bonds. The van der Waals surface area contributed by atoms with E-state index >= 15 is 0 Å². The minimum absolute atomic E-state index is 0.121. The Hall–Kier alpha value is -1.95. The van der Waals surface area contributed by atoms with Crippen LogP contribution in [0.5, 0.6) is 0 Å². The fourth-order valence-corrected chi connectivity index (χ4v) is 3.42. The number of thioether (sulfide) groups is 1. The number of amides is 1. The van der Waals surface area contributed by atoms with Gasteiger partial charge in [-0.25, -0.2) is 13.2 Å². The quantitative estimate of drug-likeness (QED) is 0.839. The van der Waals surface area contributed by atoms with Crippen LogP contribution in [0.3, 0.4) is 0 Å². The van der Waals surface area contributed by atoms with Crippen molar-refractivity contribution in [3.05, 3.63) is 65.5 Å². The van der Waals surface area contributed by atoms with Crippen LogP contribution in [0.1, 0.15) is 10.9 Å². The van der Waals surface area contributed by atoms with Crippen molar-refractivity contribution in [3.63, 3.8) is 0 Å². The SMILES string of the molecule is O=C1CS[C@H](c2ccc(F)cc2)N1c1c(F)cccc1F. The van der Waals surface area contributed by atoms with Gasteiger partial charge < -0.3 is 0 Å². The third-order valence-corrected chi connectivity index (χ3v) is 4.41. The van der Waals surface area contributed by atoms with Crippen LogP contribution in [-0.2, 0) is 4.79 Å². The van der Waals surface area contributed by atoms with E-state index in [-0.39, 0.29) is 17.3 Å². The predicted octanol–water partition coefficient (Wildman–Crippen LogP) is 3.88. The number of anilines is 1. The maximum Gasteiger partial charge on any atom is 0.238 e. The Morgan fingerprint density at radius 1 is 1.00 bits per heavy atom. The number of benzene rings is 2. The number of hydrogen-bond acceptors (Lipinski definition) is 2. The van der Waals surface area contributed by atoms with Crippen molar-refractivity contribution in [1.29, 1.82) is 0 Å². The lowest BCUT2D eigenvalue weighted by atomic mass is 10.1. The zero-order chi connectivity index (χ0) is 15.0. The molecule has 1 heterocycles. The first kappa shape index (κ1) is 14.0. The zero-order valence-electron chi connectivity index (χ0n) is 10.7. The topological polar surface area (TPSA) is 20.3 Å². The molecule has 0 bridgehead atoms. The van der Waals surface area contributed by atoms with E-state index in [0.717, 1.165) is 17.0 Å². The number of para-hydroxylation sites is 1. The first-order valence-electron chi connectivity index (χ1n) is 6.21. The van der Waals surface area contributed by atoms with Gasteiger partial charge in [0, 0.05) is 0 Å². The highest BCUT2D eigenvalue weighted by atomic mass is 32.2. The summed E-state index contributed by atoms with van der Waals surface area (Å²) >= 11 is 1.25. The van der Waals surface area contributed by atoms with E-state index in [2.05, 4.69) is 0 Å². The molecule has 0 aliphatic carbocycles. The molecule has 3 rings (SSSR count). The Morgan fingerprint density at radius 2 is 1.62 bits per heavy atom. The van der Waals surface area contributed by atoms with E-state index in [1.807, 2.05) is 0 Å². The van der Waals surface area contributed by atoms with Crippen LogP contribution in [-0.4, -0.2) is 11.7 Å². The van der Waals surface area contributed by atoms with E-state index in [9.17, 15) is 18.0 Å². The van der Waals surface area contributed by atoms with Gasteiger partial charge in [-0.05, 0) is 29.8 Å². The monoisotopic (exact) mass is 309 g/mol. The molecule has 0 aromatic heterocycles. The fraction of sp³-hybridized carbons (Fsp3) is 0.133. The van der Waals surface area contributed by atoms with Gasteiger partial charge in [-0.2, -0.15) is 0 Å². The Kier molecular flexibility index (Phi) is 3.63. The molecule has 0 spiro atoms. The molecule has 1 atom stereocenters. The highest BCUT2D eigenvalue weighted by Crippen LogP contribution is 2.43. The maximum atomic E-state index is 13.9. The molecule has 2 aromatic rings. The van der Waals surface area contributed by atoms with Crippen molar-refractivity contribution in [2.24, 2.45) is 0 Å². The average Bonchev–Trinajstić information content (AvgIpc) is 2.82. The lowest BCUT2D eigenvalue weighted by Crippen LogP contribution is -2.29.